The number of fused-ring (bicyclic) bond motifs is 2. The lowest BCUT2D eigenvalue weighted by Crippen LogP contribution is -2.23. The van der Waals surface area contributed by atoms with Gasteiger partial charge in [0.25, 0.3) is 0 Å². The van der Waals surface area contributed by atoms with Crippen LogP contribution in [0.25, 0.3) is 27.6 Å². The van der Waals surface area contributed by atoms with Crippen LogP contribution in [0.15, 0.2) is 181 Å². The highest BCUT2D eigenvalue weighted by atomic mass is 32.5. The van der Waals surface area contributed by atoms with E-state index in [-0.39, 0.29) is 0 Å². The lowest BCUT2D eigenvalue weighted by Gasteiger charge is -2.36. The van der Waals surface area contributed by atoms with E-state index < -0.39 is 12.1 Å². The van der Waals surface area contributed by atoms with Gasteiger partial charge in [-0.15, -0.1) is 0 Å². The van der Waals surface area contributed by atoms with Crippen LogP contribution in [-0.2, 0) is 23.6 Å². The molecule has 0 heterocycles. The summed E-state index contributed by atoms with van der Waals surface area (Å²) in [6.45, 7) is 0. The van der Waals surface area contributed by atoms with E-state index in [1.165, 1.54) is 32.2 Å². The molecular weight excluding hydrogens is 607 g/mol. The second-order valence-electron chi connectivity index (χ2n) is 10.8. The van der Waals surface area contributed by atoms with Gasteiger partial charge in [0.15, 0.2) is 0 Å². The molecule has 0 bridgehead atoms. The molecule has 0 unspecified atom stereocenters. The Hall–Kier alpha value is -3.90. The van der Waals surface area contributed by atoms with Crippen molar-refractivity contribution in [1.82, 2.24) is 0 Å². The largest absolute Gasteiger partial charge is 0.0825 e. The van der Waals surface area contributed by atoms with Crippen LogP contribution in [-0.4, -0.2) is 0 Å². The summed E-state index contributed by atoms with van der Waals surface area (Å²) in [5.41, 5.74) is 1.18. The standard InChI is InChI=1S/C40H30P2S2/c43-41(33-19-5-1-6-20-33,34-21-7-2-8-22-34)40(42(44,35-23-9-3-10-24-35)36-25-11-4-12-26-36)30-39-37-27-15-13-17-31(37)29-32-18-14-16-28-38(32)39/h1-30H. The van der Waals surface area contributed by atoms with Gasteiger partial charge < -0.3 is 0 Å². The summed E-state index contributed by atoms with van der Waals surface area (Å²) in [7, 11) is 0. The minimum atomic E-state index is -2.67. The fourth-order valence-electron chi connectivity index (χ4n) is 6.09. The fourth-order valence-corrected chi connectivity index (χ4v) is 18.2. The molecule has 0 aromatic heterocycles. The van der Waals surface area contributed by atoms with Crippen molar-refractivity contribution in [1.29, 1.82) is 0 Å². The Labute approximate surface area is 269 Å². The highest BCUT2D eigenvalue weighted by molar-refractivity contribution is 8.35. The molecule has 7 aromatic rings. The molecule has 0 amide bonds. The highest BCUT2D eigenvalue weighted by Crippen LogP contribution is 2.70. The molecule has 0 nitrogen and oxygen atoms in total. The molecule has 0 N–H and O–H groups in total. The van der Waals surface area contributed by atoms with Gasteiger partial charge in [-0.05, 0) is 60.5 Å². The molecule has 0 aliphatic rings. The maximum Gasteiger partial charge on any atom is 0.0397 e. The minimum absolute atomic E-state index is 1.15. The molecule has 0 saturated carbocycles. The second-order valence-corrected chi connectivity index (χ2v) is 19.9. The zero-order valence-electron chi connectivity index (χ0n) is 24.0. The Kier molecular flexibility index (Phi) is 8.02. The van der Waals surface area contributed by atoms with Crippen molar-refractivity contribution in [2.45, 2.75) is 0 Å². The minimum Gasteiger partial charge on any atom is -0.0825 e. The van der Waals surface area contributed by atoms with E-state index in [9.17, 15) is 0 Å². The zero-order valence-corrected chi connectivity index (χ0v) is 27.5. The molecule has 7 aromatic carbocycles. The van der Waals surface area contributed by atoms with Crippen LogP contribution in [0.1, 0.15) is 5.56 Å². The molecule has 212 valence electrons. The molecule has 0 fully saturated rings. The Bertz CT molecular complexity index is 1970. The van der Waals surface area contributed by atoms with Crippen molar-refractivity contribution < 1.29 is 0 Å². The van der Waals surface area contributed by atoms with Gasteiger partial charge in [-0.3, -0.25) is 0 Å². The third kappa shape index (κ3) is 5.03. The number of benzene rings is 7. The summed E-state index contributed by atoms with van der Waals surface area (Å²) in [5.74, 6) is 0. The Morgan fingerprint density at radius 2 is 0.682 bits per heavy atom. The summed E-state index contributed by atoms with van der Waals surface area (Å²) in [6, 6.07) is 57.1. The van der Waals surface area contributed by atoms with Crippen LogP contribution in [0.5, 0.6) is 0 Å². The Morgan fingerprint density at radius 1 is 0.386 bits per heavy atom. The van der Waals surface area contributed by atoms with Crippen LogP contribution in [0.4, 0.5) is 0 Å². The van der Waals surface area contributed by atoms with E-state index in [0.717, 1.165) is 21.2 Å². The first kappa shape index (κ1) is 28.8. The lowest BCUT2D eigenvalue weighted by molar-refractivity contribution is 1.73. The van der Waals surface area contributed by atoms with Crippen molar-refractivity contribution in [2.75, 3.05) is 0 Å². The maximum atomic E-state index is 7.15. The molecular formula is C40H30P2S2. The van der Waals surface area contributed by atoms with E-state index in [4.69, 9.17) is 23.6 Å². The van der Waals surface area contributed by atoms with Gasteiger partial charge in [0, 0.05) is 17.1 Å². The average Bonchev–Trinajstić information content (AvgIpc) is 3.11. The van der Waals surface area contributed by atoms with Crippen molar-refractivity contribution in [3.05, 3.63) is 187 Å². The molecule has 0 aliphatic carbocycles. The summed E-state index contributed by atoms with van der Waals surface area (Å²) in [5, 5.41) is 10.6. The van der Waals surface area contributed by atoms with Crippen LogP contribution < -0.4 is 21.2 Å². The van der Waals surface area contributed by atoms with Gasteiger partial charge in [0.1, 0.15) is 0 Å². The predicted molar refractivity (Wildman–Crippen MR) is 202 cm³/mol. The van der Waals surface area contributed by atoms with E-state index in [0.29, 0.717) is 0 Å². The summed E-state index contributed by atoms with van der Waals surface area (Å²) in [4.78, 5) is 0. The molecule has 0 spiro atoms. The number of hydrogen-bond acceptors (Lipinski definition) is 2. The van der Waals surface area contributed by atoms with Gasteiger partial charge in [-0.2, -0.15) is 0 Å². The van der Waals surface area contributed by atoms with Gasteiger partial charge in [-0.1, -0.05) is 193 Å². The summed E-state index contributed by atoms with van der Waals surface area (Å²) < 4.78 is 0. The Balaban J connectivity index is 1.71. The average molecular weight is 637 g/mol. The quantitative estimate of drug-likeness (QED) is 0.126. The van der Waals surface area contributed by atoms with Gasteiger partial charge in [0.2, 0.25) is 0 Å². The van der Waals surface area contributed by atoms with Crippen LogP contribution in [0.3, 0.4) is 0 Å². The molecule has 0 saturated heterocycles. The van der Waals surface area contributed by atoms with Crippen LogP contribution >= 0.6 is 12.1 Å². The first-order valence-electron chi connectivity index (χ1n) is 14.7. The molecule has 0 radical (unpaired) electrons. The zero-order chi connectivity index (χ0) is 30.0. The monoisotopic (exact) mass is 636 g/mol. The molecule has 0 aliphatic heterocycles. The van der Waals surface area contributed by atoms with Crippen molar-refractivity contribution >= 4 is 84.5 Å². The van der Waals surface area contributed by atoms with E-state index in [1.807, 2.05) is 0 Å². The predicted octanol–water partition coefficient (Wildman–Crippen LogP) is 9.55. The SMILES string of the molecule is S=P(C(=Cc1c2ccccc2cc2ccccc12)P(=S)(c1ccccc1)c1ccccc1)(c1ccccc1)c1ccccc1. The van der Waals surface area contributed by atoms with E-state index in [2.05, 4.69) is 182 Å². The van der Waals surface area contributed by atoms with E-state index >= 15 is 0 Å². The smallest absolute Gasteiger partial charge is 0.0397 e. The van der Waals surface area contributed by atoms with Gasteiger partial charge in [0.05, 0.1) is 0 Å². The highest BCUT2D eigenvalue weighted by Gasteiger charge is 2.38. The summed E-state index contributed by atoms with van der Waals surface area (Å²) >= 11 is 14.3. The third-order valence-corrected chi connectivity index (χ3v) is 20.2. The van der Waals surface area contributed by atoms with Gasteiger partial charge >= 0.3 is 0 Å². The molecule has 7 rings (SSSR count). The van der Waals surface area contributed by atoms with E-state index in [1.54, 1.807) is 0 Å². The van der Waals surface area contributed by atoms with Crippen molar-refractivity contribution in [2.24, 2.45) is 0 Å². The van der Waals surface area contributed by atoms with Crippen LogP contribution in [0.2, 0.25) is 0 Å². The maximum absolute atomic E-state index is 7.15. The van der Waals surface area contributed by atoms with Gasteiger partial charge in [-0.25, -0.2) is 0 Å². The Morgan fingerprint density at radius 3 is 1.02 bits per heavy atom. The number of rotatable bonds is 7. The summed E-state index contributed by atoms with van der Waals surface area (Å²) in [6.07, 6.45) is 2.42. The lowest BCUT2D eigenvalue weighted by atomic mass is 9.97. The molecule has 0 atom stereocenters. The topological polar surface area (TPSA) is 0 Å². The number of hydrogen-bond donors (Lipinski definition) is 0. The van der Waals surface area contributed by atoms with Crippen LogP contribution in [0, 0.1) is 0 Å². The normalized spacial score (nSPS) is 11.8. The second kappa shape index (κ2) is 12.2. The van der Waals surface area contributed by atoms with Crippen molar-refractivity contribution in [3.63, 3.8) is 0 Å². The molecule has 44 heavy (non-hydrogen) atoms. The fraction of sp³-hybridized carbons (Fsp3) is 0. The first-order chi connectivity index (χ1) is 21.6. The third-order valence-electron chi connectivity index (χ3n) is 8.21. The van der Waals surface area contributed by atoms with Crippen molar-refractivity contribution in [3.8, 4) is 0 Å². The molecule has 4 heteroatoms. The first-order valence-corrected chi connectivity index (χ1v) is 20.3.